The van der Waals surface area contributed by atoms with Gasteiger partial charge in [-0.05, 0) is 57.2 Å². The highest BCUT2D eigenvalue weighted by atomic mass is 19.1. The maximum Gasteiger partial charge on any atom is 0.323 e. The van der Waals surface area contributed by atoms with Crippen LogP contribution >= 0.6 is 0 Å². The summed E-state index contributed by atoms with van der Waals surface area (Å²) in [6.45, 7) is 7.92. The molecular weight excluding hydrogens is 559 g/mol. The van der Waals surface area contributed by atoms with Crippen molar-refractivity contribution >= 4 is 35.0 Å². The first-order chi connectivity index (χ1) is 20.5. The number of aromatic nitrogens is 1. The smallest absolute Gasteiger partial charge is 0.323 e. The van der Waals surface area contributed by atoms with E-state index in [-0.39, 0.29) is 48.0 Å². The summed E-state index contributed by atoms with van der Waals surface area (Å²) in [7, 11) is 3.22. The van der Waals surface area contributed by atoms with Gasteiger partial charge in [0, 0.05) is 44.5 Å². The van der Waals surface area contributed by atoms with Gasteiger partial charge in [0.15, 0.2) is 5.76 Å². The van der Waals surface area contributed by atoms with Crippen molar-refractivity contribution in [3.05, 3.63) is 65.3 Å². The Morgan fingerprint density at radius 1 is 1.05 bits per heavy atom. The van der Waals surface area contributed by atoms with Gasteiger partial charge in [-0.15, -0.1) is 0 Å². The molecule has 0 fully saturated rings. The summed E-state index contributed by atoms with van der Waals surface area (Å²) in [5, 5.41) is 12.1. The van der Waals surface area contributed by atoms with Crippen molar-refractivity contribution in [2.75, 3.05) is 49.8 Å². The number of likely N-dealkylation sites (N-methyl/N-ethyl adjacent to an activating group) is 1. The third-order valence-electron chi connectivity index (χ3n) is 7.31. The van der Waals surface area contributed by atoms with Gasteiger partial charge in [-0.25, -0.2) is 14.0 Å². The molecule has 2 heterocycles. The fourth-order valence-corrected chi connectivity index (χ4v) is 4.84. The second-order valence-electron chi connectivity index (χ2n) is 10.7. The average Bonchev–Trinajstić information content (AvgIpc) is 3.28. The number of rotatable bonds is 4. The molecular formula is C30H37FN6O6. The van der Waals surface area contributed by atoms with Crippen molar-refractivity contribution in [2.45, 2.75) is 39.8 Å². The molecule has 1 aliphatic rings. The van der Waals surface area contributed by atoms with Crippen LogP contribution in [0.15, 0.2) is 47.0 Å². The number of carbonyl (C=O) groups excluding carboxylic acids is 3. The summed E-state index contributed by atoms with van der Waals surface area (Å²) in [5.74, 6) is -0.194. The normalized spacial score (nSPS) is 19.4. The van der Waals surface area contributed by atoms with Gasteiger partial charge < -0.3 is 39.7 Å². The minimum absolute atomic E-state index is 0.0796. The Labute approximate surface area is 249 Å². The quantitative estimate of drug-likeness (QED) is 0.380. The first kappa shape index (κ1) is 31.3. The summed E-state index contributed by atoms with van der Waals surface area (Å²) in [6.07, 6.45) is -0.391. The van der Waals surface area contributed by atoms with Crippen molar-refractivity contribution in [2.24, 2.45) is 5.92 Å². The van der Waals surface area contributed by atoms with Crippen molar-refractivity contribution < 1.29 is 32.8 Å². The lowest BCUT2D eigenvalue weighted by Crippen LogP contribution is -2.50. The fourth-order valence-electron chi connectivity index (χ4n) is 4.84. The lowest BCUT2D eigenvalue weighted by atomic mass is 10.0. The van der Waals surface area contributed by atoms with Gasteiger partial charge >= 0.3 is 12.1 Å². The highest BCUT2D eigenvalue weighted by Gasteiger charge is 2.31. The number of fused-ring (bicyclic) bond motifs is 1. The number of amides is 5. The molecule has 12 nitrogen and oxygen atoms in total. The molecule has 43 heavy (non-hydrogen) atoms. The number of ether oxygens (including phenoxy) is 2. The minimum atomic E-state index is -0.609. The van der Waals surface area contributed by atoms with Crippen LogP contribution in [-0.2, 0) is 4.74 Å². The molecule has 5 amide bonds. The molecule has 4 rings (SSSR count). The van der Waals surface area contributed by atoms with E-state index in [1.54, 1.807) is 51.1 Å². The first-order valence-electron chi connectivity index (χ1n) is 13.9. The molecule has 0 radical (unpaired) electrons. The van der Waals surface area contributed by atoms with E-state index in [0.717, 1.165) is 0 Å². The second kappa shape index (κ2) is 13.6. The molecule has 13 heteroatoms. The Bertz CT molecular complexity index is 1460. The minimum Gasteiger partial charge on any atom is -0.491 e. The first-order valence-corrected chi connectivity index (χ1v) is 13.9. The third kappa shape index (κ3) is 7.60. The Kier molecular flexibility index (Phi) is 9.86. The van der Waals surface area contributed by atoms with Gasteiger partial charge in [0.1, 0.15) is 29.6 Å². The van der Waals surface area contributed by atoms with E-state index in [2.05, 4.69) is 21.1 Å². The number of carbonyl (C=O) groups is 3. The van der Waals surface area contributed by atoms with E-state index in [1.165, 1.54) is 29.2 Å². The summed E-state index contributed by atoms with van der Waals surface area (Å²) in [5.41, 5.74) is 1.90. The molecule has 0 bridgehead atoms. The van der Waals surface area contributed by atoms with E-state index < -0.39 is 24.0 Å². The van der Waals surface area contributed by atoms with Gasteiger partial charge in [0.25, 0.3) is 5.91 Å². The van der Waals surface area contributed by atoms with E-state index >= 15 is 0 Å². The molecule has 0 unspecified atom stereocenters. The maximum absolute atomic E-state index is 13.6. The number of nitrogens with one attached hydrogen (secondary N) is 3. The van der Waals surface area contributed by atoms with Crippen molar-refractivity contribution in [3.8, 4) is 5.75 Å². The zero-order valence-electron chi connectivity index (χ0n) is 25.1. The number of nitrogens with zero attached hydrogens (tertiary/aromatic N) is 3. The fraction of sp³-hybridized carbons (Fsp3) is 0.400. The number of halogens is 1. The topological polar surface area (TPSA) is 138 Å². The number of hydrogen-bond acceptors (Lipinski definition) is 7. The van der Waals surface area contributed by atoms with E-state index in [1.807, 2.05) is 13.8 Å². The molecule has 0 saturated carbocycles. The summed E-state index contributed by atoms with van der Waals surface area (Å²) < 4.78 is 30.6. The summed E-state index contributed by atoms with van der Waals surface area (Å²) >= 11 is 0. The SMILES string of the molecule is CO[C@H]1CN(C)C(=O)c2cc(NC(=O)Nc3cccc(F)c3)ccc2OC[C@@H](C)N(C(=O)Nc2c(C)noc2C)C[C@@H]1C. The van der Waals surface area contributed by atoms with Gasteiger partial charge in [-0.1, -0.05) is 18.1 Å². The van der Waals surface area contributed by atoms with Gasteiger partial charge in [0.05, 0.1) is 17.7 Å². The van der Waals surface area contributed by atoms with Crippen LogP contribution in [0, 0.1) is 25.6 Å². The molecule has 230 valence electrons. The highest BCUT2D eigenvalue weighted by molar-refractivity contribution is 6.02. The number of benzene rings is 2. The lowest BCUT2D eigenvalue weighted by molar-refractivity contribution is 0.0174. The zero-order chi connectivity index (χ0) is 31.3. The van der Waals surface area contributed by atoms with Crippen LogP contribution in [0.25, 0.3) is 0 Å². The molecule has 3 atom stereocenters. The molecule has 3 N–H and O–H groups in total. The lowest BCUT2D eigenvalue weighted by Gasteiger charge is -2.36. The summed E-state index contributed by atoms with van der Waals surface area (Å²) in [6, 6.07) is 8.83. The molecule has 2 aromatic carbocycles. The zero-order valence-corrected chi connectivity index (χ0v) is 25.1. The Balaban J connectivity index is 1.59. The maximum atomic E-state index is 13.6. The van der Waals surface area contributed by atoms with Crippen LogP contribution < -0.4 is 20.7 Å². The molecule has 1 aliphatic heterocycles. The van der Waals surface area contributed by atoms with Crippen LogP contribution in [-0.4, -0.2) is 78.9 Å². The Hall–Kier alpha value is -4.65. The van der Waals surface area contributed by atoms with Crippen LogP contribution in [0.2, 0.25) is 0 Å². The van der Waals surface area contributed by atoms with Crippen LogP contribution in [0.4, 0.5) is 31.0 Å². The number of urea groups is 2. The van der Waals surface area contributed by atoms with Crippen LogP contribution in [0.5, 0.6) is 5.75 Å². The van der Waals surface area contributed by atoms with Crippen LogP contribution in [0.1, 0.15) is 35.7 Å². The Morgan fingerprint density at radius 2 is 1.77 bits per heavy atom. The second-order valence-corrected chi connectivity index (χ2v) is 10.7. The molecule has 0 saturated heterocycles. The monoisotopic (exact) mass is 596 g/mol. The molecule has 0 aliphatic carbocycles. The predicted molar refractivity (Wildman–Crippen MR) is 159 cm³/mol. The molecule has 0 spiro atoms. The number of methoxy groups -OCH3 is 1. The van der Waals surface area contributed by atoms with E-state index in [0.29, 0.717) is 29.4 Å². The van der Waals surface area contributed by atoms with Gasteiger partial charge in [-0.3, -0.25) is 4.79 Å². The number of hydrogen-bond donors (Lipinski definition) is 3. The number of anilines is 3. The van der Waals surface area contributed by atoms with Gasteiger partial charge in [-0.2, -0.15) is 0 Å². The summed E-state index contributed by atoms with van der Waals surface area (Å²) in [4.78, 5) is 42.9. The standard InChI is InChI=1S/C30H37FN6O6/c1-17-14-37(30(40)34-27-19(3)35-43-20(27)4)18(2)16-42-25-11-10-23(13-24(25)28(38)36(5)15-26(17)41-6)33-29(39)32-22-9-7-8-21(31)12-22/h7-13,17-18,26H,14-16H2,1-6H3,(H,34,40)(H2,32,33,39)/t17-,18+,26-/m0/s1. The van der Waals surface area contributed by atoms with Crippen molar-refractivity contribution in [1.29, 1.82) is 0 Å². The molecule has 1 aromatic heterocycles. The third-order valence-corrected chi connectivity index (χ3v) is 7.31. The van der Waals surface area contributed by atoms with Crippen molar-refractivity contribution in [1.82, 2.24) is 15.0 Å². The average molecular weight is 597 g/mol. The van der Waals surface area contributed by atoms with E-state index in [4.69, 9.17) is 14.0 Å². The van der Waals surface area contributed by atoms with E-state index in [9.17, 15) is 18.8 Å². The predicted octanol–water partition coefficient (Wildman–Crippen LogP) is 5.11. The van der Waals surface area contributed by atoms with Crippen molar-refractivity contribution in [3.63, 3.8) is 0 Å². The van der Waals surface area contributed by atoms with Gasteiger partial charge in [0.2, 0.25) is 0 Å². The van der Waals surface area contributed by atoms with Crippen LogP contribution in [0.3, 0.4) is 0 Å². The highest BCUT2D eigenvalue weighted by Crippen LogP contribution is 2.27. The number of aryl methyl sites for hydroxylation is 2. The Morgan fingerprint density at radius 3 is 2.42 bits per heavy atom. The molecule has 3 aromatic rings. The largest absolute Gasteiger partial charge is 0.491 e.